The average molecular weight is 731 g/mol. The van der Waals surface area contributed by atoms with E-state index in [1.807, 2.05) is 29.5 Å². The van der Waals surface area contributed by atoms with Crippen LogP contribution in [-0.4, -0.2) is 19.5 Å². The Bertz CT molecular complexity index is 3540. The topological polar surface area (TPSA) is 43.6 Å². The zero-order chi connectivity index (χ0) is 36.7. The first-order chi connectivity index (χ1) is 27.7. The lowest BCUT2D eigenvalue weighted by Gasteiger charge is -2.17. The molecule has 4 nitrogen and oxygen atoms in total. The third-order valence-corrected chi connectivity index (χ3v) is 12.4. The summed E-state index contributed by atoms with van der Waals surface area (Å²) in [6.07, 6.45) is 0. The van der Waals surface area contributed by atoms with Crippen molar-refractivity contribution in [2.45, 2.75) is 0 Å². The Hall–Kier alpha value is -7.21. The van der Waals surface area contributed by atoms with E-state index in [1.54, 1.807) is 0 Å². The van der Waals surface area contributed by atoms with Gasteiger partial charge in [-0.3, -0.25) is 0 Å². The third-order valence-electron chi connectivity index (χ3n) is 11.2. The van der Waals surface area contributed by atoms with Crippen molar-refractivity contribution in [1.82, 2.24) is 19.5 Å². The molecular weight excluding hydrogens is 701 g/mol. The second-order valence-electron chi connectivity index (χ2n) is 14.4. The van der Waals surface area contributed by atoms with Gasteiger partial charge >= 0.3 is 0 Å². The summed E-state index contributed by atoms with van der Waals surface area (Å²) in [7, 11) is 0. The van der Waals surface area contributed by atoms with Crippen LogP contribution < -0.4 is 0 Å². The molecule has 0 N–H and O–H groups in total. The standard InChI is InChI=1S/C51H30N4S/c1-2-14-33(15-3-1)49-52-50(37-23-22-31-12-4-5-16-34(31)28-37)54-51(53-49)41-26-27-45-46(40-25-24-32-13-8-9-19-38(32)48(40)56-45)47(41)55-43-21-11-10-20-39(43)42-29-35-17-6-7-18-36(35)30-44(42)55/h1-30H. The van der Waals surface area contributed by atoms with Gasteiger partial charge in [-0.25, -0.2) is 15.0 Å². The van der Waals surface area contributed by atoms with Gasteiger partial charge in [0.25, 0.3) is 0 Å². The Kier molecular flexibility index (Phi) is 6.76. The van der Waals surface area contributed by atoms with Crippen molar-refractivity contribution in [3.05, 3.63) is 182 Å². The summed E-state index contributed by atoms with van der Waals surface area (Å²) in [6.45, 7) is 0. The number of fused-ring (bicyclic) bond motifs is 10. The van der Waals surface area contributed by atoms with E-state index in [4.69, 9.17) is 15.0 Å². The van der Waals surface area contributed by atoms with E-state index >= 15 is 0 Å². The number of hydrogen-bond donors (Lipinski definition) is 0. The highest BCUT2D eigenvalue weighted by atomic mass is 32.1. The molecule has 12 rings (SSSR count). The fourth-order valence-electron chi connectivity index (χ4n) is 8.56. The van der Waals surface area contributed by atoms with E-state index in [2.05, 4.69) is 168 Å². The summed E-state index contributed by atoms with van der Waals surface area (Å²) in [5, 5.41) is 12.1. The molecule has 0 unspecified atom stereocenters. The Morgan fingerprint density at radius 2 is 1.00 bits per heavy atom. The van der Waals surface area contributed by atoms with Crippen molar-refractivity contribution in [3.8, 4) is 39.9 Å². The zero-order valence-corrected chi connectivity index (χ0v) is 30.8. The predicted octanol–water partition coefficient (Wildman–Crippen LogP) is 13.8. The van der Waals surface area contributed by atoms with Crippen molar-refractivity contribution >= 4 is 85.6 Å². The van der Waals surface area contributed by atoms with Crippen molar-refractivity contribution in [3.63, 3.8) is 0 Å². The normalized spacial score (nSPS) is 11.9. The molecule has 0 amide bonds. The third kappa shape index (κ3) is 4.75. The second kappa shape index (κ2) is 12.2. The molecule has 0 fully saturated rings. The average Bonchev–Trinajstić information content (AvgIpc) is 3.81. The van der Waals surface area contributed by atoms with Gasteiger partial charge in [-0.2, -0.15) is 0 Å². The molecule has 3 heterocycles. The fourth-order valence-corrected chi connectivity index (χ4v) is 9.80. The summed E-state index contributed by atoms with van der Waals surface area (Å²) in [5.74, 6) is 1.91. The van der Waals surface area contributed by atoms with Crippen LogP contribution in [0.3, 0.4) is 0 Å². The number of aromatic nitrogens is 4. The number of para-hydroxylation sites is 1. The zero-order valence-electron chi connectivity index (χ0n) is 30.0. The van der Waals surface area contributed by atoms with Gasteiger partial charge < -0.3 is 4.57 Å². The molecular formula is C51H30N4S. The minimum Gasteiger partial charge on any atom is -0.308 e. The number of hydrogen-bond acceptors (Lipinski definition) is 4. The van der Waals surface area contributed by atoms with Crippen molar-refractivity contribution in [2.24, 2.45) is 0 Å². The molecule has 0 aliphatic heterocycles. The molecule has 5 heteroatoms. The molecule has 260 valence electrons. The van der Waals surface area contributed by atoms with Gasteiger partial charge in [0.1, 0.15) is 0 Å². The predicted molar refractivity (Wildman–Crippen MR) is 236 cm³/mol. The summed E-state index contributed by atoms with van der Waals surface area (Å²) >= 11 is 1.85. The molecule has 0 radical (unpaired) electrons. The van der Waals surface area contributed by atoms with E-state index in [-0.39, 0.29) is 0 Å². The Morgan fingerprint density at radius 3 is 1.82 bits per heavy atom. The van der Waals surface area contributed by atoms with Gasteiger partial charge in [0.05, 0.1) is 16.7 Å². The lowest BCUT2D eigenvalue weighted by Crippen LogP contribution is -2.04. The molecule has 0 atom stereocenters. The molecule has 0 spiro atoms. The molecule has 3 aromatic heterocycles. The van der Waals surface area contributed by atoms with Gasteiger partial charge in [-0.15, -0.1) is 11.3 Å². The van der Waals surface area contributed by atoms with Crippen molar-refractivity contribution < 1.29 is 0 Å². The van der Waals surface area contributed by atoms with Crippen LogP contribution in [0.15, 0.2) is 182 Å². The van der Waals surface area contributed by atoms with Crippen molar-refractivity contribution in [2.75, 3.05) is 0 Å². The van der Waals surface area contributed by atoms with Crippen LogP contribution in [0.5, 0.6) is 0 Å². The summed E-state index contributed by atoms with van der Waals surface area (Å²) in [5.41, 5.74) is 6.19. The van der Waals surface area contributed by atoms with Gasteiger partial charge in [0.15, 0.2) is 17.5 Å². The highest BCUT2D eigenvalue weighted by Gasteiger charge is 2.24. The first kappa shape index (κ1) is 31.2. The molecule has 12 aromatic rings. The van der Waals surface area contributed by atoms with Crippen LogP contribution in [0.1, 0.15) is 0 Å². The quantitative estimate of drug-likeness (QED) is 0.181. The molecule has 0 bridgehead atoms. The maximum atomic E-state index is 5.38. The van der Waals surface area contributed by atoms with Crippen LogP contribution in [0, 0.1) is 0 Å². The van der Waals surface area contributed by atoms with Gasteiger partial charge in [0.2, 0.25) is 0 Å². The van der Waals surface area contributed by atoms with Crippen LogP contribution in [0.25, 0.3) is 114 Å². The van der Waals surface area contributed by atoms with Crippen LogP contribution in [0.4, 0.5) is 0 Å². The van der Waals surface area contributed by atoms with E-state index < -0.39 is 0 Å². The SMILES string of the molecule is c1ccc(-c2nc(-c3ccc4ccccc4c3)nc(-c3ccc4sc5c6ccccc6ccc5c4c3-n3c4ccccc4c4cc5ccccc5cc43)n2)cc1. The second-order valence-corrected chi connectivity index (χ2v) is 15.5. The van der Waals surface area contributed by atoms with Gasteiger partial charge in [-0.05, 0) is 68.7 Å². The lowest BCUT2D eigenvalue weighted by atomic mass is 10.0. The van der Waals surface area contributed by atoms with E-state index in [0.717, 1.165) is 38.8 Å². The highest BCUT2D eigenvalue weighted by molar-refractivity contribution is 7.26. The molecule has 0 saturated heterocycles. The molecule has 9 aromatic carbocycles. The largest absolute Gasteiger partial charge is 0.308 e. The molecule has 0 aliphatic rings. The van der Waals surface area contributed by atoms with Crippen LogP contribution >= 0.6 is 11.3 Å². The van der Waals surface area contributed by atoms with Crippen molar-refractivity contribution in [1.29, 1.82) is 0 Å². The van der Waals surface area contributed by atoms with E-state index in [1.165, 1.54) is 57.9 Å². The van der Waals surface area contributed by atoms with Gasteiger partial charge in [0, 0.05) is 47.6 Å². The molecule has 0 aliphatic carbocycles. The number of thiophene rings is 1. The number of benzene rings is 9. The minimum atomic E-state index is 0.630. The summed E-state index contributed by atoms with van der Waals surface area (Å²) in [6, 6.07) is 65.0. The Labute approximate surface area is 325 Å². The highest BCUT2D eigenvalue weighted by Crippen LogP contribution is 2.47. The van der Waals surface area contributed by atoms with Crippen LogP contribution in [-0.2, 0) is 0 Å². The maximum absolute atomic E-state index is 5.38. The summed E-state index contributed by atoms with van der Waals surface area (Å²) < 4.78 is 4.96. The van der Waals surface area contributed by atoms with E-state index in [0.29, 0.717) is 17.5 Å². The summed E-state index contributed by atoms with van der Waals surface area (Å²) in [4.78, 5) is 15.8. The number of rotatable bonds is 4. The minimum absolute atomic E-state index is 0.630. The smallest absolute Gasteiger partial charge is 0.166 e. The van der Waals surface area contributed by atoms with Gasteiger partial charge in [-0.1, -0.05) is 146 Å². The Balaban J connectivity index is 1.24. The lowest BCUT2D eigenvalue weighted by molar-refractivity contribution is 1.07. The Morgan fingerprint density at radius 1 is 0.375 bits per heavy atom. The monoisotopic (exact) mass is 730 g/mol. The first-order valence-corrected chi connectivity index (χ1v) is 19.7. The number of nitrogens with zero attached hydrogens (tertiary/aromatic N) is 4. The molecule has 56 heavy (non-hydrogen) atoms. The fraction of sp³-hybridized carbons (Fsp3) is 0. The molecule has 0 saturated carbocycles. The first-order valence-electron chi connectivity index (χ1n) is 18.9. The van der Waals surface area contributed by atoms with Crippen LogP contribution in [0.2, 0.25) is 0 Å². The van der Waals surface area contributed by atoms with E-state index in [9.17, 15) is 0 Å². The maximum Gasteiger partial charge on any atom is 0.166 e.